The number of aliphatic hydroxyl groups is 1. The van der Waals surface area contributed by atoms with Crippen LogP contribution in [0.5, 0.6) is 0 Å². The number of aliphatic hydroxyl groups excluding tert-OH is 1. The minimum atomic E-state index is -0.522. The fourth-order valence-electron chi connectivity index (χ4n) is 1.40. The third-order valence-corrected chi connectivity index (χ3v) is 2.24. The van der Waals surface area contributed by atoms with Crippen LogP contribution >= 0.6 is 0 Å². The van der Waals surface area contributed by atoms with E-state index in [-0.39, 0.29) is 12.2 Å². The van der Waals surface area contributed by atoms with Gasteiger partial charge in [0.25, 0.3) is 0 Å². The molecule has 0 aliphatic carbocycles. The largest absolute Gasteiger partial charge is 0.395 e. The quantitative estimate of drug-likeness (QED) is 0.756. The predicted molar refractivity (Wildman–Crippen MR) is 62.7 cm³/mol. The van der Waals surface area contributed by atoms with Gasteiger partial charge in [-0.25, -0.2) is 18.9 Å². The van der Waals surface area contributed by atoms with Crippen molar-refractivity contribution >= 4 is 0 Å². The SMILES string of the molecule is O=c1[nH]ncn1-c1ccc(C#CCCO)c(F)c1. The Balaban J connectivity index is 2.35. The molecule has 1 aromatic carbocycles. The molecule has 6 heteroatoms. The minimum absolute atomic E-state index is 0.0584. The number of nitrogens with zero attached hydrogens (tertiary/aromatic N) is 2. The Hall–Kier alpha value is -2.39. The minimum Gasteiger partial charge on any atom is -0.395 e. The highest BCUT2D eigenvalue weighted by molar-refractivity contribution is 5.42. The van der Waals surface area contributed by atoms with E-state index in [0.29, 0.717) is 12.1 Å². The molecule has 2 rings (SSSR count). The van der Waals surface area contributed by atoms with Crippen LogP contribution < -0.4 is 5.69 Å². The number of halogens is 1. The summed E-state index contributed by atoms with van der Waals surface area (Å²) in [4.78, 5) is 11.3. The molecule has 92 valence electrons. The van der Waals surface area contributed by atoms with E-state index in [2.05, 4.69) is 22.0 Å². The van der Waals surface area contributed by atoms with Gasteiger partial charge in [0, 0.05) is 6.42 Å². The van der Waals surface area contributed by atoms with Crippen molar-refractivity contribution in [3.8, 4) is 17.5 Å². The maximum Gasteiger partial charge on any atom is 0.347 e. The second-order valence-electron chi connectivity index (χ2n) is 3.47. The number of benzene rings is 1. The molecule has 0 spiro atoms. The van der Waals surface area contributed by atoms with Gasteiger partial charge in [0.15, 0.2) is 0 Å². The van der Waals surface area contributed by atoms with Crippen LogP contribution in [0.4, 0.5) is 4.39 Å². The van der Waals surface area contributed by atoms with Gasteiger partial charge in [-0.15, -0.1) is 0 Å². The first-order valence-electron chi connectivity index (χ1n) is 5.24. The highest BCUT2D eigenvalue weighted by Gasteiger charge is 2.05. The predicted octanol–water partition coefficient (Wildman–Crippen LogP) is 0.434. The molecule has 0 bridgehead atoms. The van der Waals surface area contributed by atoms with E-state index in [1.165, 1.54) is 23.0 Å². The first kappa shape index (κ1) is 12.1. The lowest BCUT2D eigenvalue weighted by Crippen LogP contribution is -2.14. The Kier molecular flexibility index (Phi) is 3.55. The average molecular weight is 247 g/mol. The summed E-state index contributed by atoms with van der Waals surface area (Å²) in [6.45, 7) is -0.0584. The van der Waals surface area contributed by atoms with Crippen molar-refractivity contribution in [1.82, 2.24) is 14.8 Å². The summed E-state index contributed by atoms with van der Waals surface area (Å²) in [6.07, 6.45) is 1.57. The first-order chi connectivity index (χ1) is 8.72. The third kappa shape index (κ3) is 2.47. The molecule has 0 fully saturated rings. The number of hydrogen-bond donors (Lipinski definition) is 2. The number of aromatic amines is 1. The van der Waals surface area contributed by atoms with Crippen molar-refractivity contribution in [1.29, 1.82) is 0 Å². The van der Waals surface area contributed by atoms with Gasteiger partial charge in [-0.1, -0.05) is 11.8 Å². The molecule has 0 atom stereocenters. The van der Waals surface area contributed by atoms with Crippen LogP contribution in [0, 0.1) is 17.7 Å². The van der Waals surface area contributed by atoms with E-state index in [1.54, 1.807) is 6.07 Å². The van der Waals surface area contributed by atoms with Crippen molar-refractivity contribution in [2.45, 2.75) is 6.42 Å². The zero-order chi connectivity index (χ0) is 13.0. The lowest BCUT2D eigenvalue weighted by atomic mass is 10.2. The summed E-state index contributed by atoms with van der Waals surface area (Å²) in [5.74, 6) is 4.71. The third-order valence-electron chi connectivity index (χ3n) is 2.24. The monoisotopic (exact) mass is 247 g/mol. The van der Waals surface area contributed by atoms with E-state index in [4.69, 9.17) is 5.11 Å². The first-order valence-corrected chi connectivity index (χ1v) is 5.24. The van der Waals surface area contributed by atoms with Crippen LogP contribution in [0.1, 0.15) is 12.0 Å². The summed E-state index contributed by atoms with van der Waals surface area (Å²) < 4.78 is 14.9. The number of H-pyrrole nitrogens is 1. The molecule has 1 aromatic heterocycles. The van der Waals surface area contributed by atoms with Crippen molar-refractivity contribution in [2.24, 2.45) is 0 Å². The zero-order valence-electron chi connectivity index (χ0n) is 9.35. The molecular weight excluding hydrogens is 237 g/mol. The van der Waals surface area contributed by atoms with Crippen LogP contribution in [-0.2, 0) is 0 Å². The number of aromatic nitrogens is 3. The zero-order valence-corrected chi connectivity index (χ0v) is 9.35. The summed E-state index contributed by atoms with van der Waals surface area (Å²) >= 11 is 0. The smallest absolute Gasteiger partial charge is 0.347 e. The summed E-state index contributed by atoms with van der Waals surface area (Å²) in [5, 5.41) is 14.3. The van der Waals surface area contributed by atoms with Crippen molar-refractivity contribution in [3.63, 3.8) is 0 Å². The van der Waals surface area contributed by atoms with Crippen molar-refractivity contribution < 1.29 is 9.50 Å². The van der Waals surface area contributed by atoms with Gasteiger partial charge in [0.05, 0.1) is 17.9 Å². The van der Waals surface area contributed by atoms with Gasteiger partial charge in [-0.2, -0.15) is 5.10 Å². The number of hydrogen-bond acceptors (Lipinski definition) is 3. The maximum atomic E-state index is 13.7. The Labute approximate surface area is 102 Å². The van der Waals surface area contributed by atoms with Crippen LogP contribution in [0.3, 0.4) is 0 Å². The van der Waals surface area contributed by atoms with Gasteiger partial charge in [-0.3, -0.25) is 0 Å². The highest BCUT2D eigenvalue weighted by atomic mass is 19.1. The van der Waals surface area contributed by atoms with Crippen molar-refractivity contribution in [2.75, 3.05) is 6.61 Å². The molecule has 0 amide bonds. The topological polar surface area (TPSA) is 70.9 Å². The fourth-order valence-corrected chi connectivity index (χ4v) is 1.40. The molecule has 2 aromatic rings. The van der Waals surface area contributed by atoms with Crippen LogP contribution in [-0.4, -0.2) is 26.5 Å². The van der Waals surface area contributed by atoms with Crippen LogP contribution in [0.15, 0.2) is 29.3 Å². The number of nitrogens with one attached hydrogen (secondary N) is 1. The molecule has 0 saturated carbocycles. The molecule has 0 aliphatic rings. The van der Waals surface area contributed by atoms with Gasteiger partial charge in [-0.05, 0) is 18.2 Å². The van der Waals surface area contributed by atoms with Gasteiger partial charge < -0.3 is 5.11 Å². The van der Waals surface area contributed by atoms with E-state index in [1.807, 2.05) is 0 Å². The second kappa shape index (κ2) is 5.29. The van der Waals surface area contributed by atoms with Crippen molar-refractivity contribution in [3.05, 3.63) is 46.4 Å². The lowest BCUT2D eigenvalue weighted by molar-refractivity contribution is 0.305. The summed E-state index contributed by atoms with van der Waals surface area (Å²) in [6, 6.07) is 4.26. The Morgan fingerprint density at radius 3 is 2.94 bits per heavy atom. The van der Waals surface area contributed by atoms with E-state index in [9.17, 15) is 9.18 Å². The fraction of sp³-hybridized carbons (Fsp3) is 0.167. The molecule has 5 nitrogen and oxygen atoms in total. The van der Waals surface area contributed by atoms with E-state index >= 15 is 0 Å². The Morgan fingerprint density at radius 1 is 1.50 bits per heavy atom. The molecule has 2 N–H and O–H groups in total. The Bertz CT molecular complexity index is 664. The molecule has 0 radical (unpaired) electrons. The lowest BCUT2D eigenvalue weighted by Gasteiger charge is -2.01. The van der Waals surface area contributed by atoms with Crippen LogP contribution in [0.2, 0.25) is 0 Å². The molecule has 0 aliphatic heterocycles. The molecule has 1 heterocycles. The average Bonchev–Trinajstić information content (AvgIpc) is 2.78. The number of rotatable bonds is 2. The molecule has 18 heavy (non-hydrogen) atoms. The second-order valence-corrected chi connectivity index (χ2v) is 3.47. The Morgan fingerprint density at radius 2 is 2.33 bits per heavy atom. The van der Waals surface area contributed by atoms with Crippen LogP contribution in [0.25, 0.3) is 5.69 Å². The van der Waals surface area contributed by atoms with Gasteiger partial charge in [0.2, 0.25) is 0 Å². The summed E-state index contributed by atoms with van der Waals surface area (Å²) in [5.41, 5.74) is 0.163. The molecule has 0 saturated heterocycles. The summed E-state index contributed by atoms with van der Waals surface area (Å²) in [7, 11) is 0. The highest BCUT2D eigenvalue weighted by Crippen LogP contribution is 2.11. The normalized spacial score (nSPS) is 9.89. The standard InChI is InChI=1S/C12H10FN3O2/c13-11-7-10(16-8-14-15-12(16)18)5-4-9(11)3-1-2-6-17/h4-5,7-8,17H,2,6H2,(H,15,18). The van der Waals surface area contributed by atoms with E-state index in [0.717, 1.165) is 0 Å². The maximum absolute atomic E-state index is 13.7. The van der Waals surface area contributed by atoms with E-state index < -0.39 is 11.5 Å². The van der Waals surface area contributed by atoms with Gasteiger partial charge >= 0.3 is 5.69 Å². The molecule has 0 unspecified atom stereocenters. The molecular formula is C12H10FN3O2. The van der Waals surface area contributed by atoms with Gasteiger partial charge in [0.1, 0.15) is 12.1 Å².